The minimum Gasteiger partial charge on any atom is -0.452 e. The topological polar surface area (TPSA) is 52.6 Å². The zero-order valence-electron chi connectivity index (χ0n) is 14.1. The Morgan fingerprint density at radius 3 is 1.52 bits per heavy atom. The lowest BCUT2D eigenvalue weighted by atomic mass is 10.2. The molecule has 0 atom stereocenters. The van der Waals surface area contributed by atoms with Crippen molar-refractivity contribution in [2.75, 3.05) is 23.4 Å². The first-order valence-electron chi connectivity index (χ1n) is 8.37. The van der Waals surface area contributed by atoms with E-state index in [2.05, 4.69) is 0 Å². The molecule has 5 heteroatoms. The van der Waals surface area contributed by atoms with E-state index >= 15 is 0 Å². The molecule has 4 nitrogen and oxygen atoms in total. The molecule has 25 heavy (non-hydrogen) atoms. The van der Waals surface area contributed by atoms with Gasteiger partial charge in [0.2, 0.25) is 0 Å². The van der Waals surface area contributed by atoms with Gasteiger partial charge in [-0.2, -0.15) is 10.0 Å². The average molecular weight is 358 g/mol. The van der Waals surface area contributed by atoms with Gasteiger partial charge in [0.1, 0.15) is 11.9 Å². The van der Waals surface area contributed by atoms with Crippen LogP contribution in [-0.2, 0) is 9.47 Å². The van der Waals surface area contributed by atoms with Gasteiger partial charge >= 0.3 is 11.9 Å². The van der Waals surface area contributed by atoms with Crippen LogP contribution in [0.1, 0.15) is 33.6 Å². The second kappa shape index (κ2) is 8.21. The van der Waals surface area contributed by atoms with E-state index < -0.39 is 10.0 Å². The maximum absolute atomic E-state index is 12.2. The highest BCUT2D eigenvalue weighted by atomic mass is 32.3. The Hall–Kier alpha value is -2.27. The molecule has 0 bridgehead atoms. The van der Waals surface area contributed by atoms with Crippen LogP contribution in [0.3, 0.4) is 0 Å². The fraction of sp³-hybridized carbons (Fsp3) is 0.300. The zero-order chi connectivity index (χ0) is 17.5. The molecular formula is C20H22O4S. The predicted octanol–water partition coefficient (Wildman–Crippen LogP) is 4.21. The smallest absolute Gasteiger partial charge is 0.338 e. The van der Waals surface area contributed by atoms with E-state index in [9.17, 15) is 9.59 Å². The second-order valence-electron chi connectivity index (χ2n) is 6.17. The van der Waals surface area contributed by atoms with E-state index in [0.717, 1.165) is 24.3 Å². The molecule has 0 N–H and O–H groups in total. The number of esters is 2. The number of carbonyl (C=O) groups is 2. The zero-order valence-corrected chi connectivity index (χ0v) is 14.9. The highest BCUT2D eigenvalue weighted by Gasteiger charge is 2.31. The molecule has 0 aromatic heterocycles. The average Bonchev–Trinajstić information content (AvgIpc) is 3.15. The van der Waals surface area contributed by atoms with Crippen LogP contribution < -0.4 is 0 Å². The lowest BCUT2D eigenvalue weighted by Gasteiger charge is -2.33. The Kier molecular flexibility index (Phi) is 5.76. The fourth-order valence-electron chi connectivity index (χ4n) is 2.86. The number of hydrogen-bond donors (Lipinski definition) is 0. The molecular weight excluding hydrogens is 336 g/mol. The van der Waals surface area contributed by atoms with Gasteiger partial charge in [-0.1, -0.05) is 36.4 Å². The molecule has 0 saturated carbocycles. The molecule has 1 fully saturated rings. The SMILES string of the molecule is O=C(OCS1(COC(=O)c2ccccc2)CCCC1)c1ccccc1. The minimum atomic E-state index is -1.25. The molecule has 0 spiro atoms. The number of rotatable bonds is 6. The lowest BCUT2D eigenvalue weighted by molar-refractivity contribution is 0.0559. The molecule has 1 heterocycles. The van der Waals surface area contributed by atoms with E-state index in [4.69, 9.17) is 9.47 Å². The van der Waals surface area contributed by atoms with Crippen LogP contribution in [0.4, 0.5) is 0 Å². The monoisotopic (exact) mass is 358 g/mol. The van der Waals surface area contributed by atoms with Crippen LogP contribution >= 0.6 is 10.0 Å². The molecule has 1 saturated heterocycles. The second-order valence-corrected chi connectivity index (χ2v) is 9.91. The first kappa shape index (κ1) is 17.5. The van der Waals surface area contributed by atoms with E-state index in [1.165, 1.54) is 0 Å². The Bertz CT molecular complexity index is 651. The van der Waals surface area contributed by atoms with Crippen LogP contribution in [0.15, 0.2) is 60.7 Å². The number of benzene rings is 2. The summed E-state index contributed by atoms with van der Waals surface area (Å²) in [4.78, 5) is 24.4. The molecule has 2 aromatic rings. The molecule has 0 amide bonds. The summed E-state index contributed by atoms with van der Waals surface area (Å²) in [5.74, 6) is 2.07. The van der Waals surface area contributed by atoms with E-state index in [1.54, 1.807) is 24.3 Å². The largest absolute Gasteiger partial charge is 0.452 e. The fourth-order valence-corrected chi connectivity index (χ4v) is 5.95. The Morgan fingerprint density at radius 1 is 0.720 bits per heavy atom. The van der Waals surface area contributed by atoms with Crippen LogP contribution in [0.25, 0.3) is 0 Å². The number of hydrogen-bond acceptors (Lipinski definition) is 4. The molecule has 3 rings (SSSR count). The Labute approximate surface area is 149 Å². The highest BCUT2D eigenvalue weighted by molar-refractivity contribution is 8.33. The van der Waals surface area contributed by atoms with Gasteiger partial charge in [-0.25, -0.2) is 9.59 Å². The van der Waals surface area contributed by atoms with Crippen molar-refractivity contribution in [1.82, 2.24) is 0 Å². The third-order valence-electron chi connectivity index (χ3n) is 4.30. The van der Waals surface area contributed by atoms with Crippen molar-refractivity contribution in [3.63, 3.8) is 0 Å². The summed E-state index contributed by atoms with van der Waals surface area (Å²) in [5.41, 5.74) is 1.10. The maximum Gasteiger partial charge on any atom is 0.338 e. The Balaban J connectivity index is 1.58. The van der Waals surface area contributed by atoms with Gasteiger partial charge in [0.05, 0.1) is 11.1 Å². The summed E-state index contributed by atoms with van der Waals surface area (Å²) < 4.78 is 11.1. The standard InChI is InChI=1S/C20H22O4S/c21-19(17-9-3-1-4-10-17)23-15-25(13-7-8-14-25)16-24-20(22)18-11-5-2-6-12-18/h1-6,9-12H,7-8,13-16H2. The van der Waals surface area contributed by atoms with Crippen molar-refractivity contribution < 1.29 is 19.1 Å². The first-order valence-corrected chi connectivity index (χ1v) is 10.7. The highest BCUT2D eigenvalue weighted by Crippen LogP contribution is 2.54. The summed E-state index contributed by atoms with van der Waals surface area (Å²) in [6.45, 7) is 0. The molecule has 1 aliphatic heterocycles. The minimum absolute atomic E-state index is 0.311. The summed E-state index contributed by atoms with van der Waals surface area (Å²) in [7, 11) is -1.25. The van der Waals surface area contributed by atoms with Gasteiger partial charge in [0.25, 0.3) is 0 Å². The molecule has 132 valence electrons. The van der Waals surface area contributed by atoms with Crippen LogP contribution in [0, 0.1) is 0 Å². The van der Waals surface area contributed by atoms with Crippen molar-refractivity contribution in [1.29, 1.82) is 0 Å². The summed E-state index contributed by atoms with van der Waals surface area (Å²) in [5, 5.41) is 0. The van der Waals surface area contributed by atoms with Crippen molar-refractivity contribution in [2.24, 2.45) is 0 Å². The van der Waals surface area contributed by atoms with Crippen LogP contribution in [0.2, 0.25) is 0 Å². The summed E-state index contributed by atoms with van der Waals surface area (Å²) >= 11 is 0. The van der Waals surface area contributed by atoms with Crippen molar-refractivity contribution >= 4 is 22.0 Å². The molecule has 2 aromatic carbocycles. The first-order chi connectivity index (χ1) is 12.2. The van der Waals surface area contributed by atoms with Gasteiger partial charge in [-0.3, -0.25) is 0 Å². The van der Waals surface area contributed by atoms with Crippen LogP contribution in [-0.4, -0.2) is 35.3 Å². The van der Waals surface area contributed by atoms with Crippen molar-refractivity contribution in [3.05, 3.63) is 71.8 Å². The molecule has 0 radical (unpaired) electrons. The lowest BCUT2D eigenvalue weighted by Crippen LogP contribution is -2.20. The summed E-state index contributed by atoms with van der Waals surface area (Å²) in [6.07, 6.45) is 2.20. The maximum atomic E-state index is 12.2. The molecule has 1 aliphatic rings. The predicted molar refractivity (Wildman–Crippen MR) is 100 cm³/mol. The van der Waals surface area contributed by atoms with Gasteiger partial charge in [-0.15, -0.1) is 0 Å². The van der Waals surface area contributed by atoms with Gasteiger partial charge in [0, 0.05) is 0 Å². The third-order valence-corrected chi connectivity index (χ3v) is 7.85. The number of ether oxygens (including phenoxy) is 2. The number of carbonyl (C=O) groups excluding carboxylic acids is 2. The van der Waals surface area contributed by atoms with E-state index in [0.29, 0.717) is 23.0 Å². The third kappa shape index (κ3) is 4.63. The normalized spacial score (nSPS) is 16.8. The Morgan fingerprint density at radius 2 is 1.12 bits per heavy atom. The van der Waals surface area contributed by atoms with E-state index in [-0.39, 0.29) is 11.9 Å². The summed E-state index contributed by atoms with van der Waals surface area (Å²) in [6, 6.07) is 18.0. The quantitative estimate of drug-likeness (QED) is 0.726. The molecule has 0 unspecified atom stereocenters. The van der Waals surface area contributed by atoms with Crippen molar-refractivity contribution in [3.8, 4) is 0 Å². The van der Waals surface area contributed by atoms with Crippen LogP contribution in [0.5, 0.6) is 0 Å². The van der Waals surface area contributed by atoms with Gasteiger partial charge in [-0.05, 0) is 48.6 Å². The van der Waals surface area contributed by atoms with Crippen molar-refractivity contribution in [2.45, 2.75) is 12.8 Å². The van der Waals surface area contributed by atoms with E-state index in [1.807, 2.05) is 36.4 Å². The van der Waals surface area contributed by atoms with Gasteiger partial charge < -0.3 is 9.47 Å². The molecule has 0 aliphatic carbocycles. The van der Waals surface area contributed by atoms with Gasteiger partial charge in [0.15, 0.2) is 0 Å².